The molecule has 0 atom stereocenters. The summed E-state index contributed by atoms with van der Waals surface area (Å²) in [6, 6.07) is 30.5. The van der Waals surface area contributed by atoms with Gasteiger partial charge in [-0.15, -0.1) is 0 Å². The van der Waals surface area contributed by atoms with Gasteiger partial charge in [-0.2, -0.15) is 5.10 Å². The number of aromatic nitrogens is 2. The molecule has 1 N–H and O–H groups in total. The van der Waals surface area contributed by atoms with Crippen molar-refractivity contribution in [3.8, 4) is 11.3 Å². The number of nitrogens with zero attached hydrogens (tertiary/aromatic N) is 2. The number of aryl methyl sites for hydroxylation is 1. The second-order valence-electron chi connectivity index (χ2n) is 7.64. The summed E-state index contributed by atoms with van der Waals surface area (Å²) >= 11 is 0. The quantitative estimate of drug-likeness (QED) is 0.379. The van der Waals surface area contributed by atoms with E-state index < -0.39 is 0 Å². The maximum Gasteiger partial charge on any atom is 0.255 e. The number of carbonyl (C=O) groups excluding carboxylic acids is 1. The molecule has 4 heteroatoms. The Bertz CT molecular complexity index is 1090. The molecule has 0 aliphatic heterocycles. The van der Waals surface area contributed by atoms with Gasteiger partial charge < -0.3 is 5.32 Å². The van der Waals surface area contributed by atoms with Crippen molar-refractivity contribution in [3.63, 3.8) is 0 Å². The lowest BCUT2D eigenvalue weighted by Gasteiger charge is -2.06. The molecule has 0 spiro atoms. The van der Waals surface area contributed by atoms with Crippen molar-refractivity contribution >= 4 is 5.91 Å². The van der Waals surface area contributed by atoms with Crippen LogP contribution in [-0.2, 0) is 13.0 Å². The van der Waals surface area contributed by atoms with E-state index in [1.165, 1.54) is 5.56 Å². The van der Waals surface area contributed by atoms with E-state index in [4.69, 9.17) is 5.10 Å². The largest absolute Gasteiger partial charge is 0.352 e. The first-order valence-corrected chi connectivity index (χ1v) is 10.8. The van der Waals surface area contributed by atoms with Crippen molar-refractivity contribution in [1.29, 1.82) is 0 Å². The van der Waals surface area contributed by atoms with Crippen LogP contribution >= 0.6 is 0 Å². The molecule has 0 unspecified atom stereocenters. The van der Waals surface area contributed by atoms with Crippen LogP contribution in [0.25, 0.3) is 11.3 Å². The minimum atomic E-state index is -0.0714. The van der Waals surface area contributed by atoms with Gasteiger partial charge in [-0.1, -0.05) is 91.0 Å². The number of benzene rings is 3. The summed E-state index contributed by atoms with van der Waals surface area (Å²) in [4.78, 5) is 13.0. The number of rotatable bonds is 9. The first-order valence-electron chi connectivity index (χ1n) is 10.8. The molecule has 0 aliphatic rings. The molecule has 4 rings (SSSR count). The lowest BCUT2D eigenvalue weighted by atomic mass is 10.1. The summed E-state index contributed by atoms with van der Waals surface area (Å²) < 4.78 is 1.85. The Labute approximate surface area is 183 Å². The number of amides is 1. The van der Waals surface area contributed by atoms with Crippen LogP contribution in [0.3, 0.4) is 0 Å². The van der Waals surface area contributed by atoms with Gasteiger partial charge in [0.1, 0.15) is 5.69 Å². The molecule has 0 fully saturated rings. The monoisotopic (exact) mass is 409 g/mol. The molecule has 0 bridgehead atoms. The molecular weight excluding hydrogens is 382 g/mol. The maximum atomic E-state index is 13.0. The highest BCUT2D eigenvalue weighted by atomic mass is 16.1. The van der Waals surface area contributed by atoms with Crippen LogP contribution in [0.1, 0.15) is 34.3 Å². The van der Waals surface area contributed by atoms with Crippen LogP contribution < -0.4 is 5.32 Å². The molecule has 4 aromatic rings. The molecule has 1 heterocycles. The fourth-order valence-corrected chi connectivity index (χ4v) is 3.64. The molecule has 1 aromatic heterocycles. The van der Waals surface area contributed by atoms with Crippen LogP contribution in [0.4, 0.5) is 0 Å². The topological polar surface area (TPSA) is 46.9 Å². The third kappa shape index (κ3) is 5.70. The SMILES string of the molecule is O=C(NCCCCc1ccccc1)c1cn(Cc2ccccc2)nc1-c1ccccc1. The van der Waals surface area contributed by atoms with Crippen molar-refractivity contribution in [2.24, 2.45) is 0 Å². The minimum Gasteiger partial charge on any atom is -0.352 e. The molecule has 0 saturated carbocycles. The van der Waals surface area contributed by atoms with Crippen LogP contribution in [-0.4, -0.2) is 22.2 Å². The predicted octanol–water partition coefficient (Wildman–Crippen LogP) is 5.35. The fraction of sp³-hybridized carbons (Fsp3) is 0.185. The van der Waals surface area contributed by atoms with Crippen LogP contribution in [0.15, 0.2) is 97.2 Å². The highest BCUT2D eigenvalue weighted by Crippen LogP contribution is 2.22. The molecule has 0 radical (unpaired) electrons. The van der Waals surface area contributed by atoms with Gasteiger partial charge in [0, 0.05) is 18.3 Å². The van der Waals surface area contributed by atoms with E-state index in [1.54, 1.807) is 0 Å². The third-order valence-electron chi connectivity index (χ3n) is 5.26. The fourth-order valence-electron chi connectivity index (χ4n) is 3.64. The summed E-state index contributed by atoms with van der Waals surface area (Å²) in [7, 11) is 0. The maximum absolute atomic E-state index is 13.0. The minimum absolute atomic E-state index is 0.0714. The lowest BCUT2D eigenvalue weighted by Crippen LogP contribution is -2.24. The van der Waals surface area contributed by atoms with Gasteiger partial charge in [0.25, 0.3) is 5.91 Å². The Morgan fingerprint density at radius 1 is 0.774 bits per heavy atom. The van der Waals surface area contributed by atoms with E-state index in [2.05, 4.69) is 41.7 Å². The molecule has 1 amide bonds. The number of hydrogen-bond acceptors (Lipinski definition) is 2. The summed E-state index contributed by atoms with van der Waals surface area (Å²) in [5.74, 6) is -0.0714. The number of nitrogens with one attached hydrogen (secondary N) is 1. The highest BCUT2D eigenvalue weighted by molar-refractivity contribution is 5.99. The Kier molecular flexibility index (Phi) is 6.91. The van der Waals surface area contributed by atoms with Crippen LogP contribution in [0.2, 0.25) is 0 Å². The highest BCUT2D eigenvalue weighted by Gasteiger charge is 2.17. The van der Waals surface area contributed by atoms with E-state index in [0.717, 1.165) is 36.1 Å². The molecule has 0 aliphatic carbocycles. The summed E-state index contributed by atoms with van der Waals surface area (Å²) in [5, 5.41) is 7.82. The third-order valence-corrected chi connectivity index (χ3v) is 5.26. The predicted molar refractivity (Wildman–Crippen MR) is 125 cm³/mol. The summed E-state index contributed by atoms with van der Waals surface area (Å²) in [5.41, 5.74) is 4.77. The van der Waals surface area contributed by atoms with Crippen molar-refractivity contribution in [1.82, 2.24) is 15.1 Å². The molecule has 4 nitrogen and oxygen atoms in total. The normalized spacial score (nSPS) is 10.7. The average molecular weight is 410 g/mol. The lowest BCUT2D eigenvalue weighted by molar-refractivity contribution is 0.0953. The molecule has 0 saturated heterocycles. The average Bonchev–Trinajstić information content (AvgIpc) is 3.24. The van der Waals surface area contributed by atoms with Crippen molar-refractivity contribution in [3.05, 3.63) is 114 Å². The zero-order valence-electron chi connectivity index (χ0n) is 17.6. The van der Waals surface area contributed by atoms with Gasteiger partial charge in [-0.25, -0.2) is 0 Å². The Balaban J connectivity index is 1.42. The molecule has 3 aromatic carbocycles. The van der Waals surface area contributed by atoms with Gasteiger partial charge in [0.2, 0.25) is 0 Å². The zero-order valence-corrected chi connectivity index (χ0v) is 17.6. The number of carbonyl (C=O) groups is 1. The van der Waals surface area contributed by atoms with Gasteiger partial charge in [0.05, 0.1) is 12.1 Å². The number of unbranched alkanes of at least 4 members (excludes halogenated alkanes) is 1. The smallest absolute Gasteiger partial charge is 0.255 e. The van der Waals surface area contributed by atoms with Gasteiger partial charge >= 0.3 is 0 Å². The summed E-state index contributed by atoms with van der Waals surface area (Å²) in [6.45, 7) is 1.29. The molecular formula is C27H27N3O. The van der Waals surface area contributed by atoms with Crippen LogP contribution in [0.5, 0.6) is 0 Å². The standard InChI is InChI=1S/C27H27N3O/c31-27(28-19-11-10-14-22-12-4-1-5-13-22)25-21-30(20-23-15-6-2-7-16-23)29-26(25)24-17-8-3-9-18-24/h1-9,12-13,15-18,21H,10-11,14,19-20H2,(H,28,31). The van der Waals surface area contributed by atoms with E-state index in [0.29, 0.717) is 18.7 Å². The molecule has 31 heavy (non-hydrogen) atoms. The van der Waals surface area contributed by atoms with Gasteiger partial charge in [-0.05, 0) is 30.4 Å². The second-order valence-corrected chi connectivity index (χ2v) is 7.64. The Hall–Kier alpha value is -3.66. The Morgan fingerprint density at radius 2 is 1.39 bits per heavy atom. The van der Waals surface area contributed by atoms with E-state index in [1.807, 2.05) is 65.5 Å². The van der Waals surface area contributed by atoms with E-state index in [9.17, 15) is 4.79 Å². The Morgan fingerprint density at radius 3 is 2.06 bits per heavy atom. The van der Waals surface area contributed by atoms with Gasteiger partial charge in [0.15, 0.2) is 0 Å². The van der Waals surface area contributed by atoms with Crippen LogP contribution in [0, 0.1) is 0 Å². The first kappa shape index (κ1) is 20.6. The van der Waals surface area contributed by atoms with E-state index in [-0.39, 0.29) is 5.91 Å². The van der Waals surface area contributed by atoms with Crippen molar-refractivity contribution < 1.29 is 4.79 Å². The first-order chi connectivity index (χ1) is 15.3. The van der Waals surface area contributed by atoms with Gasteiger partial charge in [-0.3, -0.25) is 9.48 Å². The zero-order chi connectivity index (χ0) is 21.3. The second kappa shape index (κ2) is 10.4. The number of hydrogen-bond donors (Lipinski definition) is 1. The van der Waals surface area contributed by atoms with Crippen molar-refractivity contribution in [2.75, 3.05) is 6.54 Å². The van der Waals surface area contributed by atoms with Crippen molar-refractivity contribution in [2.45, 2.75) is 25.8 Å². The van der Waals surface area contributed by atoms with E-state index >= 15 is 0 Å². The summed E-state index contributed by atoms with van der Waals surface area (Å²) in [6.07, 6.45) is 4.87. The molecule has 156 valence electrons.